The standard InChI is InChI=1S/C6H13NO3S/c1-10-4-6(7)3-5(6)11(2,8)9/h5H,3-4,7H2,1-2H3/t5-,6+/m0/s1. The Morgan fingerprint density at radius 1 is 1.73 bits per heavy atom. The number of sulfone groups is 1. The van der Waals surface area contributed by atoms with Crippen LogP contribution in [0.2, 0.25) is 0 Å². The van der Waals surface area contributed by atoms with Crippen molar-refractivity contribution in [2.75, 3.05) is 20.0 Å². The van der Waals surface area contributed by atoms with Crippen LogP contribution in [0.3, 0.4) is 0 Å². The van der Waals surface area contributed by atoms with Gasteiger partial charge in [0.15, 0.2) is 9.84 Å². The van der Waals surface area contributed by atoms with Crippen LogP contribution in [0.5, 0.6) is 0 Å². The van der Waals surface area contributed by atoms with Gasteiger partial charge < -0.3 is 10.5 Å². The summed E-state index contributed by atoms with van der Waals surface area (Å²) in [5.74, 6) is 0. The van der Waals surface area contributed by atoms with Crippen LogP contribution < -0.4 is 5.73 Å². The second-order valence-corrected chi connectivity index (χ2v) is 5.42. The van der Waals surface area contributed by atoms with Crippen LogP contribution in [0.1, 0.15) is 6.42 Å². The molecule has 0 spiro atoms. The van der Waals surface area contributed by atoms with Gasteiger partial charge in [-0.25, -0.2) is 8.42 Å². The molecular weight excluding hydrogens is 166 g/mol. The maximum atomic E-state index is 10.9. The van der Waals surface area contributed by atoms with Crippen molar-refractivity contribution in [1.82, 2.24) is 0 Å². The molecule has 0 radical (unpaired) electrons. The molecule has 0 aromatic carbocycles. The molecule has 11 heavy (non-hydrogen) atoms. The highest BCUT2D eigenvalue weighted by Crippen LogP contribution is 2.39. The minimum absolute atomic E-state index is 0.324. The summed E-state index contributed by atoms with van der Waals surface area (Å²) < 4.78 is 26.7. The highest BCUT2D eigenvalue weighted by Gasteiger charge is 2.57. The SMILES string of the molecule is COC[C@]1(N)C[C@@H]1S(C)(=O)=O. The summed E-state index contributed by atoms with van der Waals surface area (Å²) in [6, 6.07) is 0. The lowest BCUT2D eigenvalue weighted by atomic mass is 10.3. The topological polar surface area (TPSA) is 69.4 Å². The fourth-order valence-corrected chi connectivity index (χ4v) is 2.82. The zero-order chi connectivity index (χ0) is 8.70. The van der Waals surface area contributed by atoms with E-state index in [4.69, 9.17) is 10.5 Å². The molecule has 0 aromatic rings. The van der Waals surface area contributed by atoms with Crippen molar-refractivity contribution in [2.24, 2.45) is 5.73 Å². The van der Waals surface area contributed by atoms with Gasteiger partial charge in [-0.3, -0.25) is 0 Å². The van der Waals surface area contributed by atoms with Crippen molar-refractivity contribution in [3.8, 4) is 0 Å². The smallest absolute Gasteiger partial charge is 0.152 e. The fourth-order valence-electron chi connectivity index (χ4n) is 1.28. The first-order chi connectivity index (χ1) is 4.90. The van der Waals surface area contributed by atoms with E-state index in [2.05, 4.69) is 0 Å². The molecule has 0 aliphatic heterocycles. The quantitative estimate of drug-likeness (QED) is 0.612. The van der Waals surface area contributed by atoms with E-state index in [0.717, 1.165) is 0 Å². The van der Waals surface area contributed by atoms with Crippen molar-refractivity contribution in [1.29, 1.82) is 0 Å². The summed E-state index contributed by atoms with van der Waals surface area (Å²) in [7, 11) is -1.44. The van der Waals surface area contributed by atoms with Gasteiger partial charge in [-0.15, -0.1) is 0 Å². The molecule has 1 aliphatic carbocycles. The number of ether oxygens (including phenoxy) is 1. The Kier molecular flexibility index (Phi) is 1.98. The molecule has 2 N–H and O–H groups in total. The molecule has 1 aliphatic rings. The maximum Gasteiger partial charge on any atom is 0.152 e. The average Bonchev–Trinajstić information content (AvgIpc) is 2.41. The van der Waals surface area contributed by atoms with E-state index in [1.165, 1.54) is 13.4 Å². The van der Waals surface area contributed by atoms with Crippen molar-refractivity contribution in [2.45, 2.75) is 17.2 Å². The predicted octanol–water partition coefficient (Wildman–Crippen LogP) is -0.853. The molecule has 1 fully saturated rings. The zero-order valence-corrected chi connectivity index (χ0v) is 7.52. The minimum atomic E-state index is -2.96. The normalized spacial score (nSPS) is 37.2. The van der Waals surface area contributed by atoms with E-state index in [1.54, 1.807) is 0 Å². The second kappa shape index (κ2) is 2.43. The van der Waals surface area contributed by atoms with E-state index in [0.29, 0.717) is 13.0 Å². The van der Waals surface area contributed by atoms with Gasteiger partial charge in [0.25, 0.3) is 0 Å². The lowest BCUT2D eigenvalue weighted by molar-refractivity contribution is 0.173. The largest absolute Gasteiger partial charge is 0.383 e. The van der Waals surface area contributed by atoms with Gasteiger partial charge >= 0.3 is 0 Å². The minimum Gasteiger partial charge on any atom is -0.383 e. The summed E-state index contributed by atoms with van der Waals surface area (Å²) in [4.78, 5) is 0. The van der Waals surface area contributed by atoms with Crippen molar-refractivity contribution in [3.63, 3.8) is 0 Å². The van der Waals surface area contributed by atoms with Gasteiger partial charge in [-0.05, 0) is 6.42 Å². The second-order valence-electron chi connectivity index (χ2n) is 3.19. The third-order valence-corrected chi connectivity index (χ3v) is 3.65. The molecule has 0 unspecified atom stereocenters. The first kappa shape index (κ1) is 8.96. The van der Waals surface area contributed by atoms with Crippen LogP contribution >= 0.6 is 0 Å². The van der Waals surface area contributed by atoms with Crippen LogP contribution in [0, 0.1) is 0 Å². The Labute approximate surface area is 66.6 Å². The van der Waals surface area contributed by atoms with Gasteiger partial charge in [0, 0.05) is 13.4 Å². The summed E-state index contributed by atoms with van der Waals surface area (Å²) >= 11 is 0. The third-order valence-electron chi connectivity index (χ3n) is 1.98. The van der Waals surface area contributed by atoms with Gasteiger partial charge in [0.05, 0.1) is 17.4 Å². The number of methoxy groups -OCH3 is 1. The monoisotopic (exact) mass is 179 g/mol. The van der Waals surface area contributed by atoms with E-state index in [9.17, 15) is 8.42 Å². The Bertz CT molecular complexity index is 249. The van der Waals surface area contributed by atoms with Gasteiger partial charge in [0.1, 0.15) is 0 Å². The number of nitrogens with two attached hydrogens (primary N) is 1. The molecule has 0 saturated heterocycles. The van der Waals surface area contributed by atoms with Crippen molar-refractivity contribution in [3.05, 3.63) is 0 Å². The van der Waals surface area contributed by atoms with Crippen LogP contribution in [0.4, 0.5) is 0 Å². The Morgan fingerprint density at radius 3 is 2.55 bits per heavy atom. The Morgan fingerprint density at radius 2 is 2.27 bits per heavy atom. The highest BCUT2D eigenvalue weighted by molar-refractivity contribution is 7.91. The molecule has 2 atom stereocenters. The molecule has 0 bridgehead atoms. The van der Waals surface area contributed by atoms with Crippen molar-refractivity contribution < 1.29 is 13.2 Å². The highest BCUT2D eigenvalue weighted by atomic mass is 32.2. The Balaban J connectivity index is 2.60. The van der Waals surface area contributed by atoms with Crippen LogP contribution in [0.15, 0.2) is 0 Å². The maximum absolute atomic E-state index is 10.9. The summed E-state index contributed by atoms with van der Waals surface area (Å²) in [5.41, 5.74) is 5.07. The summed E-state index contributed by atoms with van der Waals surface area (Å²) in [5, 5.41) is -0.394. The lowest BCUT2D eigenvalue weighted by Gasteiger charge is -2.07. The number of hydrogen-bond donors (Lipinski definition) is 1. The molecule has 5 heteroatoms. The van der Waals surface area contributed by atoms with Crippen LogP contribution in [0.25, 0.3) is 0 Å². The van der Waals surface area contributed by atoms with E-state index >= 15 is 0 Å². The molecule has 1 rings (SSSR count). The van der Waals surface area contributed by atoms with Gasteiger partial charge in [-0.2, -0.15) is 0 Å². The molecule has 0 amide bonds. The van der Waals surface area contributed by atoms with Gasteiger partial charge in [0.2, 0.25) is 0 Å². The molecular formula is C6H13NO3S. The lowest BCUT2D eigenvalue weighted by Crippen LogP contribution is -2.34. The number of hydrogen-bond acceptors (Lipinski definition) is 4. The molecule has 4 nitrogen and oxygen atoms in total. The average molecular weight is 179 g/mol. The zero-order valence-electron chi connectivity index (χ0n) is 6.70. The third kappa shape index (κ3) is 1.72. The summed E-state index contributed by atoms with van der Waals surface area (Å²) in [6.45, 7) is 0.324. The Hall–Kier alpha value is -0.130. The fraction of sp³-hybridized carbons (Fsp3) is 1.00. The van der Waals surface area contributed by atoms with Gasteiger partial charge in [-0.1, -0.05) is 0 Å². The number of rotatable bonds is 3. The molecule has 0 heterocycles. The first-order valence-corrected chi connectivity index (χ1v) is 5.32. The van der Waals surface area contributed by atoms with Crippen LogP contribution in [-0.2, 0) is 14.6 Å². The van der Waals surface area contributed by atoms with Crippen LogP contribution in [-0.4, -0.2) is 39.2 Å². The molecule has 1 saturated carbocycles. The van der Waals surface area contributed by atoms with Crippen molar-refractivity contribution >= 4 is 9.84 Å². The predicted molar refractivity (Wildman–Crippen MR) is 42.0 cm³/mol. The first-order valence-electron chi connectivity index (χ1n) is 3.37. The summed E-state index contributed by atoms with van der Waals surface area (Å²) in [6.07, 6.45) is 1.74. The molecule has 0 aromatic heterocycles. The van der Waals surface area contributed by atoms with E-state index in [1.807, 2.05) is 0 Å². The van der Waals surface area contributed by atoms with E-state index < -0.39 is 20.6 Å². The van der Waals surface area contributed by atoms with E-state index in [-0.39, 0.29) is 0 Å². The molecule has 66 valence electrons.